The van der Waals surface area contributed by atoms with E-state index in [9.17, 15) is 19.2 Å². The summed E-state index contributed by atoms with van der Waals surface area (Å²) in [7, 11) is 1.48. The minimum absolute atomic E-state index is 0.0546. The Hall–Kier alpha value is -3.10. The molecule has 9 nitrogen and oxygen atoms in total. The summed E-state index contributed by atoms with van der Waals surface area (Å²) in [6, 6.07) is 5.18. The van der Waals surface area contributed by atoms with E-state index < -0.39 is 42.0 Å². The standard InChI is InChI=1S/C25H38N4O5/c1-16-11-13-17(14-12-16)21(22(31)27-18-9-7-6-8-10-18)29(5)23(32)19(15-20(26)30)28-24(33)34-25(2,3)4/h11-14,18-19,21H,6-10,15H2,1-5H3,(H2,26,30)(H,27,31)(H,28,33). The van der Waals surface area contributed by atoms with Gasteiger partial charge in [-0.3, -0.25) is 14.4 Å². The molecule has 1 aliphatic carbocycles. The van der Waals surface area contributed by atoms with E-state index in [1.54, 1.807) is 32.9 Å². The van der Waals surface area contributed by atoms with Gasteiger partial charge in [-0.15, -0.1) is 0 Å². The zero-order valence-electron chi connectivity index (χ0n) is 20.8. The Bertz CT molecular complexity index is 872. The maximum atomic E-state index is 13.4. The lowest BCUT2D eigenvalue weighted by atomic mass is 9.94. The van der Waals surface area contributed by atoms with E-state index in [1.165, 1.54) is 11.9 Å². The molecule has 188 valence electrons. The Morgan fingerprint density at radius 1 is 1.09 bits per heavy atom. The summed E-state index contributed by atoms with van der Waals surface area (Å²) in [5.41, 5.74) is 6.20. The van der Waals surface area contributed by atoms with Gasteiger partial charge >= 0.3 is 6.09 Å². The number of nitrogens with zero attached hydrogens (tertiary/aromatic N) is 1. The Morgan fingerprint density at radius 3 is 2.21 bits per heavy atom. The first-order chi connectivity index (χ1) is 15.9. The Kier molecular flexibility index (Phi) is 9.46. The number of hydrogen-bond acceptors (Lipinski definition) is 5. The Balaban J connectivity index is 2.29. The van der Waals surface area contributed by atoms with Gasteiger partial charge in [0.1, 0.15) is 17.7 Å². The molecule has 34 heavy (non-hydrogen) atoms. The highest BCUT2D eigenvalue weighted by Crippen LogP contribution is 2.24. The minimum atomic E-state index is -1.27. The quantitative estimate of drug-likeness (QED) is 0.533. The smallest absolute Gasteiger partial charge is 0.408 e. The summed E-state index contributed by atoms with van der Waals surface area (Å²) in [4.78, 5) is 52.0. The van der Waals surface area contributed by atoms with E-state index in [1.807, 2.05) is 19.1 Å². The van der Waals surface area contributed by atoms with Crippen molar-refractivity contribution in [2.45, 2.75) is 89.9 Å². The number of alkyl carbamates (subject to hydrolysis) is 1. The molecule has 4 amide bonds. The number of nitrogens with two attached hydrogens (primary N) is 1. The van der Waals surface area contributed by atoms with Gasteiger partial charge in [-0.05, 0) is 46.1 Å². The largest absolute Gasteiger partial charge is 0.444 e. The first kappa shape index (κ1) is 27.1. The average Bonchev–Trinajstić information content (AvgIpc) is 2.73. The fourth-order valence-corrected chi connectivity index (χ4v) is 4.05. The van der Waals surface area contributed by atoms with Crippen LogP contribution in [0.3, 0.4) is 0 Å². The predicted molar refractivity (Wildman–Crippen MR) is 129 cm³/mol. The topological polar surface area (TPSA) is 131 Å². The first-order valence-electron chi connectivity index (χ1n) is 11.8. The number of ether oxygens (including phenoxy) is 1. The summed E-state index contributed by atoms with van der Waals surface area (Å²) < 4.78 is 5.23. The number of nitrogens with one attached hydrogen (secondary N) is 2. The van der Waals surface area contributed by atoms with Gasteiger partial charge in [0.15, 0.2) is 0 Å². The van der Waals surface area contributed by atoms with E-state index in [0.717, 1.165) is 37.7 Å². The van der Waals surface area contributed by atoms with Crippen LogP contribution in [0.5, 0.6) is 0 Å². The lowest BCUT2D eigenvalue weighted by Crippen LogP contribution is -2.53. The van der Waals surface area contributed by atoms with Crippen LogP contribution in [0.2, 0.25) is 0 Å². The van der Waals surface area contributed by atoms with E-state index in [0.29, 0.717) is 5.56 Å². The van der Waals surface area contributed by atoms with Crippen molar-refractivity contribution < 1.29 is 23.9 Å². The number of hydrogen-bond donors (Lipinski definition) is 3. The monoisotopic (exact) mass is 474 g/mol. The molecule has 1 aliphatic rings. The van der Waals surface area contributed by atoms with Crippen molar-refractivity contribution in [3.63, 3.8) is 0 Å². The van der Waals surface area contributed by atoms with Crippen LogP contribution in [0.4, 0.5) is 4.79 Å². The molecule has 1 aromatic rings. The average molecular weight is 475 g/mol. The molecule has 4 N–H and O–H groups in total. The number of carbonyl (C=O) groups is 4. The van der Waals surface area contributed by atoms with Crippen LogP contribution >= 0.6 is 0 Å². The zero-order chi connectivity index (χ0) is 25.5. The van der Waals surface area contributed by atoms with Crippen molar-refractivity contribution in [2.75, 3.05) is 7.05 Å². The normalized spacial score (nSPS) is 16.1. The number of primary amides is 1. The molecular weight excluding hydrogens is 436 g/mol. The van der Waals surface area contributed by atoms with E-state index in [-0.39, 0.29) is 11.9 Å². The van der Waals surface area contributed by atoms with Crippen LogP contribution in [0.25, 0.3) is 0 Å². The molecule has 0 aromatic heterocycles. The van der Waals surface area contributed by atoms with Gasteiger partial charge in [0.2, 0.25) is 17.7 Å². The Labute approximate surface area is 201 Å². The number of amides is 4. The van der Waals surface area contributed by atoms with Crippen molar-refractivity contribution in [2.24, 2.45) is 5.73 Å². The molecule has 1 saturated carbocycles. The molecular formula is C25H38N4O5. The molecule has 1 fully saturated rings. The van der Waals surface area contributed by atoms with Crippen molar-refractivity contribution in [1.82, 2.24) is 15.5 Å². The van der Waals surface area contributed by atoms with Crippen LogP contribution in [0.1, 0.15) is 76.5 Å². The maximum absolute atomic E-state index is 13.4. The fraction of sp³-hybridized carbons (Fsp3) is 0.600. The maximum Gasteiger partial charge on any atom is 0.408 e. The van der Waals surface area contributed by atoms with E-state index in [2.05, 4.69) is 10.6 Å². The lowest BCUT2D eigenvalue weighted by Gasteiger charge is -2.33. The van der Waals surface area contributed by atoms with Crippen LogP contribution in [0, 0.1) is 6.92 Å². The molecule has 9 heteroatoms. The highest BCUT2D eigenvalue weighted by atomic mass is 16.6. The third kappa shape index (κ3) is 8.35. The fourth-order valence-electron chi connectivity index (χ4n) is 4.05. The summed E-state index contributed by atoms with van der Waals surface area (Å²) in [6.45, 7) is 7.00. The minimum Gasteiger partial charge on any atom is -0.444 e. The van der Waals surface area contributed by atoms with Gasteiger partial charge in [-0.2, -0.15) is 0 Å². The van der Waals surface area contributed by atoms with Crippen LogP contribution in [-0.2, 0) is 19.1 Å². The highest BCUT2D eigenvalue weighted by Gasteiger charge is 2.35. The molecule has 2 rings (SSSR count). The van der Waals surface area contributed by atoms with Gasteiger partial charge < -0.3 is 26.0 Å². The van der Waals surface area contributed by atoms with Crippen molar-refractivity contribution in [3.05, 3.63) is 35.4 Å². The third-order valence-corrected chi connectivity index (χ3v) is 5.72. The van der Waals surface area contributed by atoms with Crippen molar-refractivity contribution in [3.8, 4) is 0 Å². The molecule has 0 bridgehead atoms. The van der Waals surface area contributed by atoms with E-state index >= 15 is 0 Å². The molecule has 0 spiro atoms. The number of benzene rings is 1. The second-order valence-electron chi connectivity index (χ2n) is 9.98. The number of likely N-dealkylation sites (N-methyl/N-ethyl adjacent to an activating group) is 1. The summed E-state index contributed by atoms with van der Waals surface area (Å²) in [5, 5.41) is 5.52. The number of carbonyl (C=O) groups excluding carboxylic acids is 4. The predicted octanol–water partition coefficient (Wildman–Crippen LogP) is 2.71. The second kappa shape index (κ2) is 11.9. The van der Waals surface area contributed by atoms with Gasteiger partial charge in [0.05, 0.1) is 6.42 Å². The first-order valence-corrected chi connectivity index (χ1v) is 11.8. The molecule has 2 atom stereocenters. The molecule has 0 saturated heterocycles. The van der Waals surface area contributed by atoms with Crippen LogP contribution < -0.4 is 16.4 Å². The zero-order valence-corrected chi connectivity index (χ0v) is 20.8. The van der Waals surface area contributed by atoms with E-state index in [4.69, 9.17) is 10.5 Å². The molecule has 0 aliphatic heterocycles. The molecule has 0 heterocycles. The summed E-state index contributed by atoms with van der Waals surface area (Å²) >= 11 is 0. The van der Waals surface area contributed by atoms with Gasteiger partial charge in [-0.1, -0.05) is 49.1 Å². The van der Waals surface area contributed by atoms with Gasteiger partial charge in [0, 0.05) is 13.1 Å². The summed E-state index contributed by atoms with van der Waals surface area (Å²) in [5.74, 6) is -1.68. The lowest BCUT2D eigenvalue weighted by molar-refractivity contribution is -0.142. The second-order valence-corrected chi connectivity index (χ2v) is 9.98. The molecule has 2 unspecified atom stereocenters. The van der Waals surface area contributed by atoms with Crippen molar-refractivity contribution in [1.29, 1.82) is 0 Å². The molecule has 0 radical (unpaired) electrons. The number of aryl methyl sites for hydroxylation is 1. The SMILES string of the molecule is Cc1ccc(C(C(=O)NC2CCCCC2)N(C)C(=O)C(CC(N)=O)NC(=O)OC(C)(C)C)cc1. The molecule has 1 aromatic carbocycles. The third-order valence-electron chi connectivity index (χ3n) is 5.72. The van der Waals surface area contributed by atoms with Crippen LogP contribution in [0.15, 0.2) is 24.3 Å². The summed E-state index contributed by atoms with van der Waals surface area (Å²) in [6.07, 6.45) is 3.78. The van der Waals surface area contributed by atoms with Crippen LogP contribution in [-0.4, -0.2) is 53.4 Å². The highest BCUT2D eigenvalue weighted by molar-refractivity contribution is 5.94. The Morgan fingerprint density at radius 2 is 1.68 bits per heavy atom. The van der Waals surface area contributed by atoms with Gasteiger partial charge in [0.25, 0.3) is 0 Å². The van der Waals surface area contributed by atoms with Gasteiger partial charge in [-0.25, -0.2) is 4.79 Å². The van der Waals surface area contributed by atoms with Crippen molar-refractivity contribution >= 4 is 23.8 Å². The number of rotatable bonds is 8.